The molecule has 1 aromatic rings. The molecule has 20 heavy (non-hydrogen) atoms. The number of phenolic OH excluding ortho intramolecular Hbond substituents is 1. The highest BCUT2D eigenvalue weighted by Gasteiger charge is 2.43. The van der Waals surface area contributed by atoms with Crippen molar-refractivity contribution in [1.82, 2.24) is 4.90 Å². The molecule has 0 spiro atoms. The molecule has 2 aliphatic heterocycles. The summed E-state index contributed by atoms with van der Waals surface area (Å²) in [5, 5.41) is 9.96. The van der Waals surface area contributed by atoms with Crippen molar-refractivity contribution in [3.05, 3.63) is 23.8 Å². The summed E-state index contributed by atoms with van der Waals surface area (Å²) in [5.74, 6) is 0.540. The Morgan fingerprint density at radius 3 is 2.60 bits per heavy atom. The van der Waals surface area contributed by atoms with Gasteiger partial charge in [-0.3, -0.25) is 4.79 Å². The highest BCUT2D eigenvalue weighted by molar-refractivity contribution is 9.09. The van der Waals surface area contributed by atoms with Gasteiger partial charge in [0.1, 0.15) is 11.5 Å². The summed E-state index contributed by atoms with van der Waals surface area (Å²) in [7, 11) is 1.56. The quantitative estimate of drug-likeness (QED) is 0.843. The Balaban J connectivity index is 1.90. The summed E-state index contributed by atoms with van der Waals surface area (Å²) in [5.41, 5.74) is 0.342. The van der Waals surface area contributed by atoms with Crippen LogP contribution in [-0.2, 0) is 0 Å². The van der Waals surface area contributed by atoms with Crippen LogP contribution in [0.25, 0.3) is 0 Å². The van der Waals surface area contributed by atoms with Crippen LogP contribution in [0, 0.1) is 0 Å². The van der Waals surface area contributed by atoms with Crippen LogP contribution in [0.2, 0.25) is 0 Å². The topological polar surface area (TPSA) is 49.8 Å². The second-order valence-electron chi connectivity index (χ2n) is 5.55. The maximum atomic E-state index is 12.8. The van der Waals surface area contributed by atoms with Crippen LogP contribution in [0.3, 0.4) is 0 Å². The molecule has 2 aliphatic rings. The number of fused-ring (bicyclic) bond motifs is 2. The van der Waals surface area contributed by atoms with Crippen molar-refractivity contribution in [3.8, 4) is 11.5 Å². The van der Waals surface area contributed by atoms with Gasteiger partial charge < -0.3 is 14.7 Å². The number of rotatable bonds is 2. The van der Waals surface area contributed by atoms with E-state index in [1.54, 1.807) is 19.2 Å². The fraction of sp³-hybridized carbons (Fsp3) is 0.533. The van der Waals surface area contributed by atoms with Crippen molar-refractivity contribution in [2.75, 3.05) is 7.11 Å². The molecule has 1 aromatic carbocycles. The van der Waals surface area contributed by atoms with E-state index in [0.717, 1.165) is 25.7 Å². The van der Waals surface area contributed by atoms with E-state index in [0.29, 0.717) is 16.1 Å². The predicted octanol–water partition coefficient (Wildman–Crippen LogP) is 2.93. The lowest BCUT2D eigenvalue weighted by molar-refractivity contribution is 0.0600. The average Bonchev–Trinajstić information content (AvgIpc) is 2.71. The van der Waals surface area contributed by atoms with Crippen LogP contribution in [0.1, 0.15) is 36.0 Å². The van der Waals surface area contributed by atoms with Gasteiger partial charge in [-0.15, -0.1) is 0 Å². The Kier molecular flexibility index (Phi) is 3.63. The van der Waals surface area contributed by atoms with E-state index in [-0.39, 0.29) is 23.7 Å². The molecule has 0 aromatic heterocycles. The number of hydrogen-bond acceptors (Lipinski definition) is 3. The number of piperidine rings is 1. The van der Waals surface area contributed by atoms with Crippen LogP contribution in [0.15, 0.2) is 18.2 Å². The molecule has 2 saturated heterocycles. The van der Waals surface area contributed by atoms with Crippen LogP contribution in [0.4, 0.5) is 0 Å². The zero-order valence-corrected chi connectivity index (χ0v) is 13.0. The third-order valence-electron chi connectivity index (χ3n) is 4.34. The van der Waals surface area contributed by atoms with Crippen LogP contribution in [-0.4, -0.2) is 39.9 Å². The molecule has 5 heteroatoms. The lowest BCUT2D eigenvalue weighted by Crippen LogP contribution is -2.46. The van der Waals surface area contributed by atoms with Crippen molar-refractivity contribution in [1.29, 1.82) is 0 Å². The van der Waals surface area contributed by atoms with Gasteiger partial charge >= 0.3 is 0 Å². The lowest BCUT2D eigenvalue weighted by atomic mass is 10.0. The van der Waals surface area contributed by atoms with E-state index < -0.39 is 0 Å². The average molecular weight is 340 g/mol. The largest absolute Gasteiger partial charge is 0.507 e. The SMILES string of the molecule is COc1ccc(O)c(C(=O)N2C3CCC2CC(Br)C3)c1. The molecule has 2 bridgehead atoms. The first-order valence-electron chi connectivity index (χ1n) is 6.94. The van der Waals surface area contributed by atoms with E-state index in [1.807, 2.05) is 4.90 Å². The summed E-state index contributed by atoms with van der Waals surface area (Å²) in [4.78, 5) is 15.2. The molecule has 2 heterocycles. The molecular formula is C15H18BrNO3. The zero-order valence-electron chi connectivity index (χ0n) is 11.4. The molecule has 2 atom stereocenters. The number of amides is 1. The van der Waals surface area contributed by atoms with Crippen LogP contribution >= 0.6 is 15.9 Å². The van der Waals surface area contributed by atoms with Crippen molar-refractivity contribution in [2.24, 2.45) is 0 Å². The molecule has 108 valence electrons. The Morgan fingerprint density at radius 2 is 2.00 bits per heavy atom. The maximum absolute atomic E-state index is 12.8. The normalized spacial score (nSPS) is 28.5. The number of carbonyl (C=O) groups excluding carboxylic acids is 1. The van der Waals surface area contributed by atoms with Crippen LogP contribution in [0.5, 0.6) is 11.5 Å². The molecule has 0 aliphatic carbocycles. The van der Waals surface area contributed by atoms with Gasteiger partial charge in [-0.2, -0.15) is 0 Å². The van der Waals surface area contributed by atoms with Gasteiger partial charge in [-0.25, -0.2) is 0 Å². The molecule has 2 unspecified atom stereocenters. The summed E-state index contributed by atoms with van der Waals surface area (Å²) in [6, 6.07) is 5.38. The van der Waals surface area contributed by atoms with Crippen molar-refractivity contribution < 1.29 is 14.6 Å². The number of aromatic hydroxyl groups is 1. The number of carbonyl (C=O) groups is 1. The minimum absolute atomic E-state index is 0.0242. The van der Waals surface area contributed by atoms with Gasteiger partial charge in [-0.1, -0.05) is 15.9 Å². The predicted molar refractivity (Wildman–Crippen MR) is 79.6 cm³/mol. The number of halogens is 1. The number of benzene rings is 1. The molecule has 2 fully saturated rings. The highest BCUT2D eigenvalue weighted by Crippen LogP contribution is 2.40. The third-order valence-corrected chi connectivity index (χ3v) is 5.09. The Labute approximate surface area is 126 Å². The first-order valence-corrected chi connectivity index (χ1v) is 7.85. The number of alkyl halides is 1. The number of nitrogens with zero attached hydrogens (tertiary/aromatic N) is 1. The van der Waals surface area contributed by atoms with Crippen molar-refractivity contribution >= 4 is 21.8 Å². The second-order valence-corrected chi connectivity index (χ2v) is 6.84. The van der Waals surface area contributed by atoms with E-state index in [9.17, 15) is 9.90 Å². The Bertz CT molecular complexity index is 520. The van der Waals surface area contributed by atoms with Crippen LogP contribution < -0.4 is 4.74 Å². The first-order chi connectivity index (χ1) is 9.60. The Hall–Kier alpha value is -1.23. The third kappa shape index (κ3) is 2.28. The lowest BCUT2D eigenvalue weighted by Gasteiger charge is -2.37. The minimum atomic E-state index is -0.0756. The molecular weight excluding hydrogens is 322 g/mol. The fourth-order valence-electron chi connectivity index (χ4n) is 3.39. The number of hydrogen-bond donors (Lipinski definition) is 1. The smallest absolute Gasteiger partial charge is 0.258 e. The monoisotopic (exact) mass is 339 g/mol. The van der Waals surface area contributed by atoms with Gasteiger partial charge in [0.05, 0.1) is 12.7 Å². The number of methoxy groups -OCH3 is 1. The van der Waals surface area contributed by atoms with Gasteiger partial charge in [0.2, 0.25) is 0 Å². The Morgan fingerprint density at radius 1 is 1.35 bits per heavy atom. The fourth-order valence-corrected chi connectivity index (χ4v) is 4.26. The molecule has 0 radical (unpaired) electrons. The first kappa shape index (κ1) is 13.7. The molecule has 4 nitrogen and oxygen atoms in total. The van der Waals surface area contributed by atoms with Crippen molar-refractivity contribution in [2.45, 2.75) is 42.6 Å². The minimum Gasteiger partial charge on any atom is -0.507 e. The summed E-state index contributed by atoms with van der Waals surface area (Å²) in [6.07, 6.45) is 4.10. The zero-order chi connectivity index (χ0) is 14.3. The van der Waals surface area contributed by atoms with E-state index >= 15 is 0 Å². The van der Waals surface area contributed by atoms with E-state index in [2.05, 4.69) is 15.9 Å². The standard InChI is InChI=1S/C15H18BrNO3/c1-20-12-4-5-14(18)13(8-12)15(19)17-10-2-3-11(17)7-9(16)6-10/h4-5,8-11,18H,2-3,6-7H2,1H3. The maximum Gasteiger partial charge on any atom is 0.258 e. The molecule has 3 rings (SSSR count). The van der Waals surface area contributed by atoms with Gasteiger partial charge in [-0.05, 0) is 43.9 Å². The number of ether oxygens (including phenoxy) is 1. The molecule has 0 saturated carbocycles. The van der Waals surface area contributed by atoms with E-state index in [4.69, 9.17) is 4.74 Å². The highest BCUT2D eigenvalue weighted by atomic mass is 79.9. The van der Waals surface area contributed by atoms with E-state index in [1.165, 1.54) is 6.07 Å². The molecule has 1 amide bonds. The summed E-state index contributed by atoms with van der Waals surface area (Å²) >= 11 is 3.67. The van der Waals surface area contributed by atoms with Gasteiger partial charge in [0, 0.05) is 16.9 Å². The van der Waals surface area contributed by atoms with Gasteiger partial charge in [0.15, 0.2) is 0 Å². The molecule has 1 N–H and O–H groups in total. The summed E-state index contributed by atoms with van der Waals surface area (Å²) in [6.45, 7) is 0. The number of phenols is 1. The van der Waals surface area contributed by atoms with Gasteiger partial charge in [0.25, 0.3) is 5.91 Å². The second kappa shape index (κ2) is 5.28. The van der Waals surface area contributed by atoms with Crippen molar-refractivity contribution in [3.63, 3.8) is 0 Å². The summed E-state index contributed by atoms with van der Waals surface area (Å²) < 4.78 is 5.14.